The van der Waals surface area contributed by atoms with Crippen LogP contribution in [0, 0.1) is 6.92 Å². The minimum absolute atomic E-state index is 0.0687. The number of rotatable bonds is 3. The van der Waals surface area contributed by atoms with E-state index in [0.717, 1.165) is 15.9 Å². The first-order valence-electron chi connectivity index (χ1n) is 5.65. The topological polar surface area (TPSA) is 43.4 Å². The van der Waals surface area contributed by atoms with Gasteiger partial charge in [-0.3, -0.25) is 0 Å². The Morgan fingerprint density at radius 1 is 1.59 bits per heavy atom. The Labute approximate surface area is 110 Å². The van der Waals surface area contributed by atoms with E-state index in [1.807, 2.05) is 26.8 Å². The fourth-order valence-corrected chi connectivity index (χ4v) is 2.11. The number of pyridine rings is 1. The van der Waals surface area contributed by atoms with Crippen molar-refractivity contribution in [2.24, 2.45) is 0 Å². The molecule has 5 heteroatoms. The van der Waals surface area contributed by atoms with E-state index in [-0.39, 0.29) is 6.10 Å². The van der Waals surface area contributed by atoms with Gasteiger partial charge in [0.25, 0.3) is 0 Å². The molecule has 1 aromatic rings. The van der Waals surface area contributed by atoms with E-state index >= 15 is 0 Å². The molecule has 17 heavy (non-hydrogen) atoms. The highest BCUT2D eigenvalue weighted by Crippen LogP contribution is 2.25. The summed E-state index contributed by atoms with van der Waals surface area (Å²) in [5.74, 6) is 0.377. The maximum absolute atomic E-state index is 5.71. The number of halogens is 1. The molecule has 1 unspecified atom stereocenters. The quantitative estimate of drug-likeness (QED) is 0.932. The Kier molecular flexibility index (Phi) is 3.70. The number of aromatic nitrogens is 1. The van der Waals surface area contributed by atoms with Crippen LogP contribution in [0.25, 0.3) is 0 Å². The Morgan fingerprint density at radius 3 is 3.00 bits per heavy atom. The summed E-state index contributed by atoms with van der Waals surface area (Å²) in [5, 5.41) is 3.27. The van der Waals surface area contributed by atoms with Gasteiger partial charge in [-0.05, 0) is 48.3 Å². The summed E-state index contributed by atoms with van der Waals surface area (Å²) >= 11 is 3.52. The van der Waals surface area contributed by atoms with E-state index in [2.05, 4.69) is 26.2 Å². The normalized spacial score (nSPS) is 22.7. The van der Waals surface area contributed by atoms with Gasteiger partial charge < -0.3 is 14.8 Å². The van der Waals surface area contributed by atoms with Gasteiger partial charge in [0.05, 0.1) is 11.1 Å². The molecule has 2 rings (SSSR count). The lowest BCUT2D eigenvalue weighted by Crippen LogP contribution is -2.26. The van der Waals surface area contributed by atoms with Gasteiger partial charge in [-0.1, -0.05) is 0 Å². The molecule has 0 radical (unpaired) electrons. The molecule has 1 fully saturated rings. The van der Waals surface area contributed by atoms with Crippen LogP contribution in [-0.4, -0.2) is 30.0 Å². The standard InChI is InChI=1S/C12H17BrN2O2/c1-8-4-5-14-11(10(8)13)15-6-9-7-16-12(2,3)17-9/h4-5,9H,6-7H2,1-3H3,(H,14,15). The van der Waals surface area contributed by atoms with Gasteiger partial charge in [-0.2, -0.15) is 0 Å². The highest BCUT2D eigenvalue weighted by atomic mass is 79.9. The Balaban J connectivity index is 1.93. The van der Waals surface area contributed by atoms with Crippen LogP contribution < -0.4 is 5.32 Å². The third-order valence-corrected chi connectivity index (χ3v) is 3.65. The third-order valence-electron chi connectivity index (χ3n) is 2.65. The van der Waals surface area contributed by atoms with E-state index < -0.39 is 5.79 Å². The van der Waals surface area contributed by atoms with Crippen molar-refractivity contribution in [1.29, 1.82) is 0 Å². The average Bonchev–Trinajstić information content (AvgIpc) is 2.61. The first-order valence-corrected chi connectivity index (χ1v) is 6.44. The van der Waals surface area contributed by atoms with E-state index in [4.69, 9.17) is 9.47 Å². The molecule has 1 N–H and O–H groups in total. The van der Waals surface area contributed by atoms with Crippen LogP contribution in [0.1, 0.15) is 19.4 Å². The summed E-state index contributed by atoms with van der Waals surface area (Å²) in [7, 11) is 0. The zero-order chi connectivity index (χ0) is 12.5. The van der Waals surface area contributed by atoms with Gasteiger partial charge in [0, 0.05) is 12.7 Å². The summed E-state index contributed by atoms with van der Waals surface area (Å²) in [6.07, 6.45) is 1.86. The molecule has 0 saturated carbocycles. The number of nitrogens with zero attached hydrogens (tertiary/aromatic N) is 1. The van der Waals surface area contributed by atoms with Crippen LogP contribution in [0.5, 0.6) is 0 Å². The molecule has 0 aliphatic carbocycles. The van der Waals surface area contributed by atoms with Crippen molar-refractivity contribution in [3.05, 3.63) is 22.3 Å². The Morgan fingerprint density at radius 2 is 2.35 bits per heavy atom. The molecule has 2 heterocycles. The lowest BCUT2D eigenvalue weighted by Gasteiger charge is -2.17. The average molecular weight is 301 g/mol. The summed E-state index contributed by atoms with van der Waals surface area (Å²) < 4.78 is 12.2. The van der Waals surface area contributed by atoms with Crippen molar-refractivity contribution in [3.63, 3.8) is 0 Å². The summed E-state index contributed by atoms with van der Waals surface area (Å²) in [6, 6.07) is 1.97. The Hall–Kier alpha value is -0.650. The highest BCUT2D eigenvalue weighted by Gasteiger charge is 2.32. The van der Waals surface area contributed by atoms with Crippen LogP contribution in [-0.2, 0) is 9.47 Å². The lowest BCUT2D eigenvalue weighted by molar-refractivity contribution is -0.136. The molecular weight excluding hydrogens is 284 g/mol. The smallest absolute Gasteiger partial charge is 0.163 e. The van der Waals surface area contributed by atoms with Gasteiger partial charge in [0.1, 0.15) is 11.9 Å². The zero-order valence-electron chi connectivity index (χ0n) is 10.3. The second kappa shape index (κ2) is 4.92. The fourth-order valence-electron chi connectivity index (χ4n) is 1.74. The van der Waals surface area contributed by atoms with Gasteiger partial charge in [0.2, 0.25) is 0 Å². The number of hydrogen-bond donors (Lipinski definition) is 1. The van der Waals surface area contributed by atoms with E-state index in [0.29, 0.717) is 13.2 Å². The van der Waals surface area contributed by atoms with Crippen molar-refractivity contribution < 1.29 is 9.47 Å². The maximum atomic E-state index is 5.71. The molecule has 1 aliphatic rings. The van der Waals surface area contributed by atoms with Gasteiger partial charge in [-0.25, -0.2) is 4.98 Å². The van der Waals surface area contributed by atoms with Crippen molar-refractivity contribution in [1.82, 2.24) is 4.98 Å². The SMILES string of the molecule is Cc1ccnc(NCC2COC(C)(C)O2)c1Br. The van der Waals surface area contributed by atoms with Crippen molar-refractivity contribution in [2.45, 2.75) is 32.7 Å². The maximum Gasteiger partial charge on any atom is 0.163 e. The molecule has 0 aromatic carbocycles. The van der Waals surface area contributed by atoms with Crippen molar-refractivity contribution >= 4 is 21.7 Å². The monoisotopic (exact) mass is 300 g/mol. The Bertz CT molecular complexity index is 409. The molecule has 0 bridgehead atoms. The zero-order valence-corrected chi connectivity index (χ0v) is 11.9. The predicted molar refractivity (Wildman–Crippen MR) is 70.1 cm³/mol. The first-order chi connectivity index (χ1) is 7.98. The summed E-state index contributed by atoms with van der Waals surface area (Å²) in [4.78, 5) is 4.28. The van der Waals surface area contributed by atoms with E-state index in [1.54, 1.807) is 6.20 Å². The third kappa shape index (κ3) is 3.18. The largest absolute Gasteiger partial charge is 0.366 e. The number of hydrogen-bond acceptors (Lipinski definition) is 4. The van der Waals surface area contributed by atoms with Crippen molar-refractivity contribution in [2.75, 3.05) is 18.5 Å². The number of aryl methyl sites for hydroxylation is 1. The summed E-state index contributed by atoms with van der Waals surface area (Å²) in [6.45, 7) is 7.19. The molecule has 1 saturated heterocycles. The molecule has 94 valence electrons. The molecule has 1 atom stereocenters. The van der Waals surface area contributed by atoms with E-state index in [1.165, 1.54) is 0 Å². The van der Waals surface area contributed by atoms with Gasteiger partial charge in [-0.15, -0.1) is 0 Å². The molecule has 4 nitrogen and oxygen atoms in total. The summed E-state index contributed by atoms with van der Waals surface area (Å²) in [5.41, 5.74) is 1.16. The van der Waals surface area contributed by atoms with Crippen LogP contribution in [0.15, 0.2) is 16.7 Å². The van der Waals surface area contributed by atoms with Crippen LogP contribution >= 0.6 is 15.9 Å². The van der Waals surface area contributed by atoms with E-state index in [9.17, 15) is 0 Å². The molecule has 0 spiro atoms. The minimum Gasteiger partial charge on any atom is -0.366 e. The lowest BCUT2D eigenvalue weighted by atomic mass is 10.3. The molecule has 0 amide bonds. The number of anilines is 1. The molecule has 1 aromatic heterocycles. The fraction of sp³-hybridized carbons (Fsp3) is 0.583. The predicted octanol–water partition coefficient (Wildman–Crippen LogP) is 2.72. The van der Waals surface area contributed by atoms with Gasteiger partial charge >= 0.3 is 0 Å². The second-order valence-corrected chi connectivity index (χ2v) is 5.42. The van der Waals surface area contributed by atoms with Crippen molar-refractivity contribution in [3.8, 4) is 0 Å². The molecular formula is C12H17BrN2O2. The van der Waals surface area contributed by atoms with Crippen LogP contribution in [0.3, 0.4) is 0 Å². The molecule has 1 aliphatic heterocycles. The van der Waals surface area contributed by atoms with Crippen LogP contribution in [0.4, 0.5) is 5.82 Å². The highest BCUT2D eigenvalue weighted by molar-refractivity contribution is 9.10. The minimum atomic E-state index is -0.469. The first kappa shape index (κ1) is 12.8. The van der Waals surface area contributed by atoms with Crippen LogP contribution in [0.2, 0.25) is 0 Å². The van der Waals surface area contributed by atoms with Gasteiger partial charge in [0.15, 0.2) is 5.79 Å². The number of nitrogens with one attached hydrogen (secondary N) is 1. The second-order valence-electron chi connectivity index (χ2n) is 4.62. The number of ether oxygens (including phenoxy) is 2.